The van der Waals surface area contributed by atoms with Crippen LogP contribution in [-0.4, -0.2) is 46.0 Å². The molecule has 2 heterocycles. The normalized spacial score (nSPS) is 23.6. The lowest BCUT2D eigenvalue weighted by Gasteiger charge is -2.34. The summed E-state index contributed by atoms with van der Waals surface area (Å²) in [6.07, 6.45) is 0.177. The van der Waals surface area contributed by atoms with Crippen molar-refractivity contribution in [2.45, 2.75) is 51.4 Å². The van der Waals surface area contributed by atoms with Gasteiger partial charge in [-0.3, -0.25) is 9.69 Å². The largest absolute Gasteiger partial charge is 0.444 e. The molecule has 0 aliphatic carbocycles. The number of piperazine rings is 1. The van der Waals surface area contributed by atoms with Crippen molar-refractivity contribution in [3.8, 4) is 0 Å². The zero-order chi connectivity index (χ0) is 16.8. The molecule has 0 N–H and O–H groups in total. The lowest BCUT2D eigenvalue weighted by molar-refractivity contribution is -0.137. The molecule has 5 nitrogen and oxygen atoms in total. The van der Waals surface area contributed by atoms with E-state index in [0.29, 0.717) is 19.5 Å². The van der Waals surface area contributed by atoms with Gasteiger partial charge in [0.1, 0.15) is 17.5 Å². The molecule has 1 aromatic carbocycles. The molecule has 2 aliphatic heterocycles. The summed E-state index contributed by atoms with van der Waals surface area (Å²) in [5.74, 6) is -0.397. The van der Waals surface area contributed by atoms with E-state index in [0.717, 1.165) is 5.56 Å². The minimum absolute atomic E-state index is 0.0247. The summed E-state index contributed by atoms with van der Waals surface area (Å²) in [5, 5.41) is 0. The molecule has 0 radical (unpaired) electrons. The van der Waals surface area contributed by atoms with Gasteiger partial charge in [-0.2, -0.15) is 0 Å². The SMILES string of the molecule is CC(C)(C)OC(=O)N1C[C@H]2C[C@@H]1C(=O)N2Cc1cccc(F)c1. The zero-order valence-electron chi connectivity index (χ0n) is 13.6. The van der Waals surface area contributed by atoms with Crippen LogP contribution >= 0.6 is 0 Å². The van der Waals surface area contributed by atoms with E-state index in [1.807, 2.05) is 0 Å². The number of carbonyl (C=O) groups excluding carboxylic acids is 2. The lowest BCUT2D eigenvalue weighted by Crippen LogP contribution is -2.52. The maximum absolute atomic E-state index is 13.3. The molecule has 2 saturated heterocycles. The number of amides is 2. The Labute approximate surface area is 135 Å². The van der Waals surface area contributed by atoms with Gasteiger partial charge >= 0.3 is 6.09 Å². The highest BCUT2D eigenvalue weighted by atomic mass is 19.1. The molecular formula is C17H21FN2O3. The number of hydrogen-bond acceptors (Lipinski definition) is 3. The molecule has 0 spiro atoms. The van der Waals surface area contributed by atoms with Crippen LogP contribution in [0.25, 0.3) is 0 Å². The van der Waals surface area contributed by atoms with Crippen LogP contribution in [-0.2, 0) is 16.1 Å². The van der Waals surface area contributed by atoms with Crippen molar-refractivity contribution in [2.75, 3.05) is 6.54 Å². The third-order valence-corrected chi connectivity index (χ3v) is 4.16. The first-order valence-corrected chi connectivity index (χ1v) is 7.79. The van der Waals surface area contributed by atoms with Gasteiger partial charge in [0.2, 0.25) is 5.91 Å². The first kappa shape index (κ1) is 15.8. The van der Waals surface area contributed by atoms with Crippen molar-refractivity contribution in [3.05, 3.63) is 35.6 Å². The van der Waals surface area contributed by atoms with Gasteiger partial charge in [-0.25, -0.2) is 9.18 Å². The van der Waals surface area contributed by atoms with Crippen LogP contribution in [0.1, 0.15) is 32.8 Å². The van der Waals surface area contributed by atoms with Crippen LogP contribution in [0.2, 0.25) is 0 Å². The number of nitrogens with zero attached hydrogens (tertiary/aromatic N) is 2. The molecule has 2 fully saturated rings. The molecular weight excluding hydrogens is 299 g/mol. The molecule has 124 valence electrons. The predicted octanol–water partition coefficient (Wildman–Crippen LogP) is 2.55. The Balaban J connectivity index is 1.67. The fourth-order valence-corrected chi connectivity index (χ4v) is 3.21. The number of carbonyl (C=O) groups is 2. The number of rotatable bonds is 2. The first-order valence-electron chi connectivity index (χ1n) is 7.79. The molecule has 0 unspecified atom stereocenters. The van der Waals surface area contributed by atoms with Crippen LogP contribution < -0.4 is 0 Å². The van der Waals surface area contributed by atoms with Crippen LogP contribution in [0.5, 0.6) is 0 Å². The van der Waals surface area contributed by atoms with Crippen LogP contribution in [0.4, 0.5) is 9.18 Å². The number of fused-ring (bicyclic) bond motifs is 2. The van der Waals surface area contributed by atoms with Gasteiger partial charge in [0.05, 0.1) is 6.04 Å². The van der Waals surface area contributed by atoms with E-state index in [1.54, 1.807) is 37.8 Å². The lowest BCUT2D eigenvalue weighted by atomic mass is 10.2. The van der Waals surface area contributed by atoms with E-state index < -0.39 is 17.7 Å². The number of halogens is 1. The highest BCUT2D eigenvalue weighted by Gasteiger charge is 2.52. The third kappa shape index (κ3) is 3.16. The topological polar surface area (TPSA) is 49.9 Å². The van der Waals surface area contributed by atoms with Gasteiger partial charge in [-0.15, -0.1) is 0 Å². The van der Waals surface area contributed by atoms with E-state index in [9.17, 15) is 14.0 Å². The van der Waals surface area contributed by atoms with Crippen molar-refractivity contribution in [3.63, 3.8) is 0 Å². The second-order valence-corrected chi connectivity index (χ2v) is 7.13. The Morgan fingerprint density at radius 3 is 2.74 bits per heavy atom. The monoisotopic (exact) mass is 320 g/mol. The van der Waals surface area contributed by atoms with Gasteiger partial charge in [0.25, 0.3) is 0 Å². The van der Waals surface area contributed by atoms with E-state index in [-0.39, 0.29) is 17.8 Å². The molecule has 3 rings (SSSR count). The highest BCUT2D eigenvalue weighted by Crippen LogP contribution is 2.34. The Morgan fingerprint density at radius 1 is 1.39 bits per heavy atom. The summed E-state index contributed by atoms with van der Waals surface area (Å²) in [5.41, 5.74) is 0.179. The Bertz CT molecular complexity index is 641. The fourth-order valence-electron chi connectivity index (χ4n) is 3.21. The number of ether oxygens (including phenoxy) is 1. The summed E-state index contributed by atoms with van der Waals surface area (Å²) in [6, 6.07) is 5.77. The molecule has 6 heteroatoms. The molecule has 2 amide bonds. The van der Waals surface area contributed by atoms with Gasteiger partial charge in [-0.05, 0) is 44.9 Å². The summed E-state index contributed by atoms with van der Waals surface area (Å²) < 4.78 is 18.6. The average molecular weight is 320 g/mol. The van der Waals surface area contributed by atoms with Gasteiger partial charge in [0.15, 0.2) is 0 Å². The van der Waals surface area contributed by atoms with E-state index in [1.165, 1.54) is 17.0 Å². The molecule has 0 saturated carbocycles. The van der Waals surface area contributed by atoms with Crippen LogP contribution in [0, 0.1) is 5.82 Å². The summed E-state index contributed by atoms with van der Waals surface area (Å²) in [6.45, 7) is 6.26. The second kappa shape index (κ2) is 5.51. The maximum atomic E-state index is 13.3. The van der Waals surface area contributed by atoms with Crippen LogP contribution in [0.15, 0.2) is 24.3 Å². The first-order chi connectivity index (χ1) is 10.7. The number of hydrogen-bond donors (Lipinski definition) is 0. The van der Waals surface area contributed by atoms with Crippen molar-refractivity contribution >= 4 is 12.0 Å². The predicted molar refractivity (Wildman–Crippen MR) is 82.1 cm³/mol. The average Bonchev–Trinajstić information content (AvgIpc) is 2.97. The Morgan fingerprint density at radius 2 is 2.13 bits per heavy atom. The minimum Gasteiger partial charge on any atom is -0.444 e. The minimum atomic E-state index is -0.580. The number of likely N-dealkylation sites (tertiary alicyclic amines) is 2. The third-order valence-electron chi connectivity index (χ3n) is 4.16. The van der Waals surface area contributed by atoms with Crippen molar-refractivity contribution in [1.82, 2.24) is 9.80 Å². The Kier molecular flexibility index (Phi) is 3.78. The highest BCUT2D eigenvalue weighted by molar-refractivity contribution is 5.89. The summed E-state index contributed by atoms with van der Waals surface area (Å²) in [4.78, 5) is 28.0. The maximum Gasteiger partial charge on any atom is 0.411 e. The molecule has 2 bridgehead atoms. The molecule has 1 aromatic rings. The van der Waals surface area contributed by atoms with E-state index >= 15 is 0 Å². The fraction of sp³-hybridized carbons (Fsp3) is 0.529. The van der Waals surface area contributed by atoms with E-state index in [2.05, 4.69) is 0 Å². The standard InChI is InChI=1S/C17H21FN2O3/c1-17(2,3)23-16(22)20-10-13-8-14(20)15(21)19(13)9-11-5-4-6-12(18)7-11/h4-7,13-14H,8-10H2,1-3H3/t13-,14-/m1/s1. The van der Waals surface area contributed by atoms with Gasteiger partial charge < -0.3 is 9.64 Å². The second-order valence-electron chi connectivity index (χ2n) is 7.13. The number of benzene rings is 1. The smallest absolute Gasteiger partial charge is 0.411 e. The van der Waals surface area contributed by atoms with Crippen molar-refractivity contribution < 1.29 is 18.7 Å². The summed E-state index contributed by atoms with van der Waals surface area (Å²) in [7, 11) is 0. The van der Waals surface area contributed by atoms with Crippen molar-refractivity contribution in [1.29, 1.82) is 0 Å². The quantitative estimate of drug-likeness (QED) is 0.841. The zero-order valence-corrected chi connectivity index (χ0v) is 13.6. The Hall–Kier alpha value is -2.11. The van der Waals surface area contributed by atoms with Crippen molar-refractivity contribution in [2.24, 2.45) is 0 Å². The van der Waals surface area contributed by atoms with Gasteiger partial charge in [0, 0.05) is 13.1 Å². The molecule has 0 aromatic heterocycles. The summed E-state index contributed by atoms with van der Waals surface area (Å²) >= 11 is 0. The van der Waals surface area contributed by atoms with E-state index in [4.69, 9.17) is 4.74 Å². The molecule has 2 aliphatic rings. The molecule has 2 atom stereocenters. The van der Waals surface area contributed by atoms with Gasteiger partial charge in [-0.1, -0.05) is 12.1 Å². The van der Waals surface area contributed by atoms with Crippen LogP contribution in [0.3, 0.4) is 0 Å². The molecule has 23 heavy (non-hydrogen) atoms.